The second-order valence-corrected chi connectivity index (χ2v) is 14.1. The van der Waals surface area contributed by atoms with E-state index in [1.807, 2.05) is 30.3 Å². The van der Waals surface area contributed by atoms with Crippen LogP contribution in [0, 0.1) is 0 Å². The molecule has 2 heterocycles. The number of aromatic nitrogens is 3. The highest BCUT2D eigenvalue weighted by Gasteiger charge is 2.22. The van der Waals surface area contributed by atoms with E-state index in [0.717, 1.165) is 66.4 Å². The Morgan fingerprint density at radius 1 is 0.467 bits per heavy atom. The fourth-order valence-electron chi connectivity index (χ4n) is 5.92. The number of phenols is 1. The fraction of sp³-hybridized carbons (Fsp3) is 0.195. The average Bonchev–Trinajstić information content (AvgIpc) is 3.02. The Hall–Kier alpha value is -5.09. The van der Waals surface area contributed by atoms with Crippen molar-refractivity contribution in [1.82, 2.24) is 15.2 Å². The van der Waals surface area contributed by atoms with Gasteiger partial charge in [-0.15, -0.1) is 10.2 Å². The molecule has 0 saturated carbocycles. The van der Waals surface area contributed by atoms with Gasteiger partial charge in [0.2, 0.25) is 0 Å². The zero-order valence-electron chi connectivity index (χ0n) is 26.7. The highest BCUT2D eigenvalue weighted by molar-refractivity contribution is 6.01. The Morgan fingerprint density at radius 3 is 1.69 bits per heavy atom. The summed E-state index contributed by atoms with van der Waals surface area (Å²) < 4.78 is 0. The summed E-state index contributed by atoms with van der Waals surface area (Å²) in [5.41, 5.74) is 8.14. The molecule has 0 amide bonds. The molecule has 5 aromatic carbocycles. The third kappa shape index (κ3) is 5.53. The molecular formula is C41H37N3O. The summed E-state index contributed by atoms with van der Waals surface area (Å²) in [6.07, 6.45) is 0. The standard InChI is InChI=1S/C41H37N3O/c1-40(2,3)32-18-30(17-31(19-32)37-21-27-13-9-10-14-35(27)43-44-37)36-23-33(41(4,5)6)24-38(42-36)34-20-28-15-25-11-7-8-12-26(25)16-29(28)22-39(34)45/h7-24,45H,1-6H3. The Kier molecular flexibility index (Phi) is 6.70. The van der Waals surface area contributed by atoms with Crippen molar-refractivity contribution in [1.29, 1.82) is 0 Å². The van der Waals surface area contributed by atoms with Gasteiger partial charge in [0.25, 0.3) is 0 Å². The van der Waals surface area contributed by atoms with Crippen LogP contribution in [0.2, 0.25) is 0 Å². The van der Waals surface area contributed by atoms with Crippen molar-refractivity contribution in [2.45, 2.75) is 52.4 Å². The van der Waals surface area contributed by atoms with Gasteiger partial charge in [-0.1, -0.05) is 84.0 Å². The Morgan fingerprint density at radius 2 is 1.02 bits per heavy atom. The number of pyridine rings is 1. The molecule has 0 bridgehead atoms. The monoisotopic (exact) mass is 587 g/mol. The molecule has 222 valence electrons. The van der Waals surface area contributed by atoms with Crippen molar-refractivity contribution in [3.8, 4) is 39.5 Å². The first-order chi connectivity index (χ1) is 21.4. The average molecular weight is 588 g/mol. The molecule has 0 aliphatic rings. The number of rotatable bonds is 3. The van der Waals surface area contributed by atoms with Gasteiger partial charge in [-0.3, -0.25) is 0 Å². The normalized spacial score (nSPS) is 12.3. The van der Waals surface area contributed by atoms with Gasteiger partial charge in [-0.05, 0) is 110 Å². The summed E-state index contributed by atoms with van der Waals surface area (Å²) in [5.74, 6) is 0.220. The molecule has 1 N–H and O–H groups in total. The molecule has 4 nitrogen and oxygen atoms in total. The van der Waals surface area contributed by atoms with Gasteiger partial charge in [-0.25, -0.2) is 4.98 Å². The molecule has 7 rings (SSSR count). The van der Waals surface area contributed by atoms with E-state index in [1.54, 1.807) is 0 Å². The maximum Gasteiger partial charge on any atom is 0.125 e. The fourth-order valence-corrected chi connectivity index (χ4v) is 5.92. The van der Waals surface area contributed by atoms with Crippen LogP contribution in [-0.2, 0) is 10.8 Å². The summed E-state index contributed by atoms with van der Waals surface area (Å²) in [5, 5.41) is 25.9. The minimum absolute atomic E-state index is 0.0983. The van der Waals surface area contributed by atoms with Gasteiger partial charge >= 0.3 is 0 Å². The second kappa shape index (κ2) is 10.5. The number of fused-ring (bicyclic) bond motifs is 3. The molecule has 0 atom stereocenters. The predicted molar refractivity (Wildman–Crippen MR) is 188 cm³/mol. The summed E-state index contributed by atoms with van der Waals surface area (Å²) in [7, 11) is 0. The molecule has 0 unspecified atom stereocenters. The van der Waals surface area contributed by atoms with Crippen molar-refractivity contribution in [3.63, 3.8) is 0 Å². The van der Waals surface area contributed by atoms with E-state index in [4.69, 9.17) is 4.98 Å². The van der Waals surface area contributed by atoms with E-state index in [0.29, 0.717) is 0 Å². The van der Waals surface area contributed by atoms with Crippen molar-refractivity contribution in [2.75, 3.05) is 0 Å². The number of aromatic hydroxyl groups is 1. The Labute approximate surface area is 264 Å². The second-order valence-electron chi connectivity index (χ2n) is 14.1. The maximum absolute atomic E-state index is 11.4. The first-order valence-electron chi connectivity index (χ1n) is 15.5. The van der Waals surface area contributed by atoms with Crippen LogP contribution in [0.15, 0.2) is 109 Å². The van der Waals surface area contributed by atoms with Crippen molar-refractivity contribution in [3.05, 3.63) is 120 Å². The van der Waals surface area contributed by atoms with Gasteiger partial charge in [0.15, 0.2) is 0 Å². The van der Waals surface area contributed by atoms with Crippen molar-refractivity contribution >= 4 is 32.4 Å². The molecule has 0 aliphatic heterocycles. The number of benzene rings is 5. The minimum Gasteiger partial charge on any atom is -0.507 e. The summed E-state index contributed by atoms with van der Waals surface area (Å²) >= 11 is 0. The molecule has 0 saturated heterocycles. The van der Waals surface area contributed by atoms with E-state index in [9.17, 15) is 5.11 Å². The van der Waals surface area contributed by atoms with E-state index < -0.39 is 0 Å². The molecule has 4 heteroatoms. The number of hydrogen-bond acceptors (Lipinski definition) is 4. The van der Waals surface area contributed by atoms with Crippen molar-refractivity contribution in [2.24, 2.45) is 0 Å². The number of nitrogens with zero attached hydrogens (tertiary/aromatic N) is 3. The summed E-state index contributed by atoms with van der Waals surface area (Å²) in [6.45, 7) is 13.3. The lowest BCUT2D eigenvalue weighted by Crippen LogP contribution is -2.13. The minimum atomic E-state index is -0.136. The van der Waals surface area contributed by atoms with Crippen LogP contribution in [0.1, 0.15) is 52.7 Å². The van der Waals surface area contributed by atoms with Gasteiger partial charge in [0, 0.05) is 22.1 Å². The maximum atomic E-state index is 11.4. The van der Waals surface area contributed by atoms with Gasteiger partial charge in [0.05, 0.1) is 22.6 Å². The molecule has 0 radical (unpaired) electrons. The molecular weight excluding hydrogens is 550 g/mol. The van der Waals surface area contributed by atoms with Crippen LogP contribution >= 0.6 is 0 Å². The third-order valence-electron chi connectivity index (χ3n) is 8.67. The van der Waals surface area contributed by atoms with Crippen LogP contribution in [0.4, 0.5) is 0 Å². The number of phenolic OH excluding ortho intramolecular Hbond substituents is 1. The van der Waals surface area contributed by atoms with E-state index in [1.165, 1.54) is 10.9 Å². The Balaban J connectivity index is 1.44. The topological polar surface area (TPSA) is 58.9 Å². The van der Waals surface area contributed by atoms with Crippen molar-refractivity contribution < 1.29 is 5.11 Å². The van der Waals surface area contributed by atoms with E-state index in [2.05, 4.69) is 131 Å². The van der Waals surface area contributed by atoms with Gasteiger partial charge in [0.1, 0.15) is 5.75 Å². The summed E-state index contributed by atoms with van der Waals surface area (Å²) in [4.78, 5) is 5.23. The van der Waals surface area contributed by atoms with Crippen LogP contribution in [0.5, 0.6) is 5.75 Å². The highest BCUT2D eigenvalue weighted by Crippen LogP contribution is 2.39. The molecule has 2 aromatic heterocycles. The SMILES string of the molecule is CC(C)(C)c1cc(-c2cc3ccccc3nn2)cc(-c2cc(C(C)(C)C)cc(-c3cc4cc5ccccc5cc4cc3O)n2)c1. The van der Waals surface area contributed by atoms with Crippen LogP contribution in [0.3, 0.4) is 0 Å². The number of hydrogen-bond donors (Lipinski definition) is 1. The zero-order valence-corrected chi connectivity index (χ0v) is 26.7. The molecule has 0 spiro atoms. The highest BCUT2D eigenvalue weighted by atomic mass is 16.3. The smallest absolute Gasteiger partial charge is 0.125 e. The lowest BCUT2D eigenvalue weighted by atomic mass is 9.83. The van der Waals surface area contributed by atoms with Crippen LogP contribution in [-0.4, -0.2) is 20.3 Å². The molecule has 0 fully saturated rings. The van der Waals surface area contributed by atoms with Crippen LogP contribution in [0.25, 0.3) is 66.2 Å². The third-order valence-corrected chi connectivity index (χ3v) is 8.67. The molecule has 0 aliphatic carbocycles. The predicted octanol–water partition coefficient (Wildman–Crippen LogP) is 10.6. The Bertz CT molecular complexity index is 2250. The summed E-state index contributed by atoms with van der Waals surface area (Å²) in [6, 6.07) is 37.7. The van der Waals surface area contributed by atoms with Gasteiger partial charge < -0.3 is 5.11 Å². The first kappa shape index (κ1) is 28.7. The zero-order chi connectivity index (χ0) is 31.5. The van der Waals surface area contributed by atoms with E-state index in [-0.39, 0.29) is 16.6 Å². The molecule has 45 heavy (non-hydrogen) atoms. The molecule has 7 aromatic rings. The largest absolute Gasteiger partial charge is 0.507 e. The lowest BCUT2D eigenvalue weighted by molar-refractivity contribution is 0.478. The first-order valence-corrected chi connectivity index (χ1v) is 15.5. The van der Waals surface area contributed by atoms with Gasteiger partial charge in [-0.2, -0.15) is 0 Å². The van der Waals surface area contributed by atoms with E-state index >= 15 is 0 Å². The lowest BCUT2D eigenvalue weighted by Gasteiger charge is -2.23. The quantitative estimate of drug-likeness (QED) is 0.209. The van der Waals surface area contributed by atoms with Crippen LogP contribution < -0.4 is 0 Å².